The Labute approximate surface area is 171 Å². The summed E-state index contributed by atoms with van der Waals surface area (Å²) in [6.07, 6.45) is 6.41. The SMILES string of the molecule is CCCN[C@H]1CCCC[C@@H]1Oc1ccc2c(c1)CN(C1CCC(=O)NC1=O)C2=O. The molecule has 0 spiro atoms. The zero-order valence-corrected chi connectivity index (χ0v) is 16.9. The fourth-order valence-corrected chi connectivity index (χ4v) is 4.60. The van der Waals surface area contributed by atoms with Crippen LogP contribution in [0, 0.1) is 0 Å². The molecule has 156 valence electrons. The van der Waals surface area contributed by atoms with E-state index in [1.807, 2.05) is 12.1 Å². The molecule has 1 saturated heterocycles. The third kappa shape index (κ3) is 4.15. The molecule has 1 aromatic carbocycles. The molecule has 0 bridgehead atoms. The van der Waals surface area contributed by atoms with Crippen molar-refractivity contribution in [2.45, 2.75) is 76.6 Å². The standard InChI is InChI=1S/C22H29N3O4/c1-2-11-23-17-5-3-4-6-19(17)29-15-7-8-16-14(12-15)13-25(22(16)28)18-9-10-20(26)24-21(18)27/h7-8,12,17-19,23H,2-6,9-11,13H2,1H3,(H,24,26,27)/t17-,18?,19-/m0/s1. The van der Waals surface area contributed by atoms with Gasteiger partial charge in [0, 0.05) is 24.6 Å². The van der Waals surface area contributed by atoms with Gasteiger partial charge < -0.3 is 15.0 Å². The number of ether oxygens (including phenoxy) is 1. The van der Waals surface area contributed by atoms with Crippen molar-refractivity contribution in [2.24, 2.45) is 0 Å². The van der Waals surface area contributed by atoms with Crippen molar-refractivity contribution in [3.63, 3.8) is 0 Å². The van der Waals surface area contributed by atoms with Gasteiger partial charge in [0.1, 0.15) is 17.9 Å². The summed E-state index contributed by atoms with van der Waals surface area (Å²) in [6.45, 7) is 3.53. The van der Waals surface area contributed by atoms with Crippen LogP contribution in [-0.2, 0) is 16.1 Å². The number of hydrogen-bond donors (Lipinski definition) is 2. The van der Waals surface area contributed by atoms with Crippen molar-refractivity contribution in [3.8, 4) is 5.75 Å². The Hall–Kier alpha value is -2.41. The molecule has 1 saturated carbocycles. The van der Waals surface area contributed by atoms with Crippen molar-refractivity contribution in [1.29, 1.82) is 0 Å². The average molecular weight is 399 g/mol. The van der Waals surface area contributed by atoms with Crippen LogP contribution >= 0.6 is 0 Å². The van der Waals surface area contributed by atoms with Gasteiger partial charge >= 0.3 is 0 Å². The first-order valence-corrected chi connectivity index (χ1v) is 10.7. The third-order valence-electron chi connectivity index (χ3n) is 6.14. The van der Waals surface area contributed by atoms with Crippen LogP contribution in [0.2, 0.25) is 0 Å². The van der Waals surface area contributed by atoms with Crippen LogP contribution in [0.4, 0.5) is 0 Å². The van der Waals surface area contributed by atoms with Crippen molar-refractivity contribution >= 4 is 17.7 Å². The summed E-state index contributed by atoms with van der Waals surface area (Å²) < 4.78 is 6.33. The summed E-state index contributed by atoms with van der Waals surface area (Å²) in [7, 11) is 0. The highest BCUT2D eigenvalue weighted by atomic mass is 16.5. The van der Waals surface area contributed by atoms with E-state index in [4.69, 9.17) is 4.74 Å². The summed E-state index contributed by atoms with van der Waals surface area (Å²) >= 11 is 0. The molecule has 3 amide bonds. The maximum absolute atomic E-state index is 12.8. The van der Waals surface area contributed by atoms with Gasteiger partial charge in [0.05, 0.1) is 0 Å². The Bertz CT molecular complexity index is 809. The molecule has 0 radical (unpaired) electrons. The summed E-state index contributed by atoms with van der Waals surface area (Å²) in [4.78, 5) is 38.0. The van der Waals surface area contributed by atoms with Gasteiger partial charge in [-0.1, -0.05) is 13.3 Å². The third-order valence-corrected chi connectivity index (χ3v) is 6.14. The Kier molecular flexibility index (Phi) is 5.85. The molecule has 0 aromatic heterocycles. The van der Waals surface area contributed by atoms with E-state index in [9.17, 15) is 14.4 Å². The van der Waals surface area contributed by atoms with Gasteiger partial charge in [0.15, 0.2) is 0 Å². The van der Waals surface area contributed by atoms with E-state index in [0.717, 1.165) is 37.1 Å². The molecule has 2 N–H and O–H groups in total. The number of benzene rings is 1. The second-order valence-corrected chi connectivity index (χ2v) is 8.22. The molecule has 1 aromatic rings. The van der Waals surface area contributed by atoms with Crippen LogP contribution in [0.3, 0.4) is 0 Å². The molecule has 7 nitrogen and oxygen atoms in total. The first-order valence-electron chi connectivity index (χ1n) is 10.7. The van der Waals surface area contributed by atoms with Gasteiger partial charge in [0.2, 0.25) is 11.8 Å². The van der Waals surface area contributed by atoms with Crippen molar-refractivity contribution < 1.29 is 19.1 Å². The van der Waals surface area contributed by atoms with Crippen LogP contribution in [0.1, 0.15) is 67.8 Å². The maximum atomic E-state index is 12.8. The van der Waals surface area contributed by atoms with E-state index in [0.29, 0.717) is 24.6 Å². The number of carbonyl (C=O) groups excluding carboxylic acids is 3. The van der Waals surface area contributed by atoms with Crippen molar-refractivity contribution in [1.82, 2.24) is 15.5 Å². The lowest BCUT2D eigenvalue weighted by molar-refractivity contribution is -0.136. The van der Waals surface area contributed by atoms with E-state index in [2.05, 4.69) is 17.6 Å². The Morgan fingerprint density at radius 1 is 1.17 bits per heavy atom. The molecular formula is C22H29N3O4. The van der Waals surface area contributed by atoms with E-state index < -0.39 is 6.04 Å². The van der Waals surface area contributed by atoms with Crippen LogP contribution in [0.15, 0.2) is 18.2 Å². The van der Waals surface area contributed by atoms with Crippen LogP contribution in [-0.4, -0.2) is 47.4 Å². The quantitative estimate of drug-likeness (QED) is 0.716. The van der Waals surface area contributed by atoms with Crippen LogP contribution in [0.25, 0.3) is 0 Å². The van der Waals surface area contributed by atoms with Gasteiger partial charge in [0.25, 0.3) is 5.91 Å². The van der Waals surface area contributed by atoms with Gasteiger partial charge in [-0.3, -0.25) is 19.7 Å². The molecule has 29 heavy (non-hydrogen) atoms. The van der Waals surface area contributed by atoms with Gasteiger partial charge in [-0.2, -0.15) is 0 Å². The summed E-state index contributed by atoms with van der Waals surface area (Å²) in [5.41, 5.74) is 1.50. The lowest BCUT2D eigenvalue weighted by Crippen LogP contribution is -2.52. The predicted molar refractivity (Wildman–Crippen MR) is 107 cm³/mol. The van der Waals surface area contributed by atoms with Gasteiger partial charge in [-0.05, 0) is 62.4 Å². The zero-order valence-electron chi connectivity index (χ0n) is 16.9. The topological polar surface area (TPSA) is 87.7 Å². The minimum atomic E-state index is -0.585. The van der Waals surface area contributed by atoms with E-state index >= 15 is 0 Å². The molecule has 4 rings (SSSR count). The highest BCUT2D eigenvalue weighted by molar-refractivity contribution is 6.05. The second kappa shape index (κ2) is 8.53. The molecule has 1 unspecified atom stereocenters. The summed E-state index contributed by atoms with van der Waals surface area (Å²) in [6, 6.07) is 5.37. The van der Waals surface area contributed by atoms with Crippen LogP contribution < -0.4 is 15.4 Å². The Morgan fingerprint density at radius 3 is 2.79 bits per heavy atom. The minimum absolute atomic E-state index is 0.136. The monoisotopic (exact) mass is 399 g/mol. The van der Waals surface area contributed by atoms with Gasteiger partial charge in [-0.25, -0.2) is 0 Å². The second-order valence-electron chi connectivity index (χ2n) is 8.22. The minimum Gasteiger partial charge on any atom is -0.489 e. The zero-order chi connectivity index (χ0) is 20.4. The average Bonchev–Trinajstić information content (AvgIpc) is 3.03. The fraction of sp³-hybridized carbons (Fsp3) is 0.591. The lowest BCUT2D eigenvalue weighted by atomic mass is 9.92. The molecule has 1 aliphatic carbocycles. The van der Waals surface area contributed by atoms with Gasteiger partial charge in [-0.15, -0.1) is 0 Å². The molecule has 2 fully saturated rings. The fourth-order valence-electron chi connectivity index (χ4n) is 4.60. The normalized spacial score (nSPS) is 27.0. The molecule has 2 aliphatic heterocycles. The number of hydrogen-bond acceptors (Lipinski definition) is 5. The first-order chi connectivity index (χ1) is 14.1. The number of nitrogens with one attached hydrogen (secondary N) is 2. The number of amides is 3. The number of rotatable bonds is 6. The molecule has 3 atom stereocenters. The van der Waals surface area contributed by atoms with E-state index in [-0.39, 0.29) is 30.2 Å². The lowest BCUT2D eigenvalue weighted by Gasteiger charge is -2.32. The highest BCUT2D eigenvalue weighted by Gasteiger charge is 2.39. The number of imide groups is 1. The van der Waals surface area contributed by atoms with Crippen LogP contribution in [0.5, 0.6) is 5.75 Å². The number of nitrogens with zero attached hydrogens (tertiary/aromatic N) is 1. The van der Waals surface area contributed by atoms with Crippen molar-refractivity contribution in [3.05, 3.63) is 29.3 Å². The predicted octanol–water partition coefficient (Wildman–Crippen LogP) is 2.14. The molecule has 7 heteroatoms. The highest BCUT2D eigenvalue weighted by Crippen LogP contribution is 2.31. The number of piperidine rings is 1. The Balaban J connectivity index is 1.46. The largest absolute Gasteiger partial charge is 0.489 e. The first kappa shape index (κ1) is 19.9. The van der Waals surface area contributed by atoms with E-state index in [1.165, 1.54) is 12.8 Å². The number of fused-ring (bicyclic) bond motifs is 1. The van der Waals surface area contributed by atoms with E-state index in [1.54, 1.807) is 11.0 Å². The molecular weight excluding hydrogens is 370 g/mol. The smallest absolute Gasteiger partial charge is 0.255 e. The molecule has 3 aliphatic rings. The summed E-state index contributed by atoms with van der Waals surface area (Å²) in [5.74, 6) is -0.0335. The summed E-state index contributed by atoms with van der Waals surface area (Å²) in [5, 5.41) is 5.94. The number of carbonyl (C=O) groups is 3. The Morgan fingerprint density at radius 2 is 2.00 bits per heavy atom. The maximum Gasteiger partial charge on any atom is 0.255 e. The van der Waals surface area contributed by atoms with Crippen molar-refractivity contribution in [2.75, 3.05) is 6.54 Å². The molecule has 2 heterocycles.